The molecule has 6 nitrogen and oxygen atoms in total. The Balaban J connectivity index is 2.06. The molecule has 0 unspecified atom stereocenters. The number of nitrogens with zero attached hydrogens (tertiary/aromatic N) is 2. The van der Waals surface area contributed by atoms with Crippen molar-refractivity contribution in [3.8, 4) is 0 Å². The largest absolute Gasteiger partial charge is 0.481 e. The lowest BCUT2D eigenvalue weighted by Crippen LogP contribution is -2.14. The Morgan fingerprint density at radius 3 is 2.76 bits per heavy atom. The Morgan fingerprint density at radius 2 is 2.05 bits per heavy atom. The lowest BCUT2D eigenvalue weighted by molar-refractivity contribution is -0.137. The number of hydrogen-bond acceptors (Lipinski definition) is 3. The molecule has 0 atom stereocenters. The topological polar surface area (TPSA) is 84.2 Å². The number of rotatable bonds is 5. The summed E-state index contributed by atoms with van der Waals surface area (Å²) in [4.78, 5) is 22.6. The number of benzene rings is 1. The molecule has 0 saturated heterocycles. The molecule has 110 valence electrons. The predicted octanol–water partition coefficient (Wildman–Crippen LogP) is 2.23. The fourth-order valence-corrected chi connectivity index (χ4v) is 1.87. The normalized spacial score (nSPS) is 10.4. The second-order valence-corrected chi connectivity index (χ2v) is 4.88. The minimum absolute atomic E-state index is 0.0280. The molecule has 2 N–H and O–H groups in total. The van der Waals surface area contributed by atoms with Crippen LogP contribution in [0.15, 0.2) is 30.5 Å². The van der Waals surface area contributed by atoms with Gasteiger partial charge in [-0.1, -0.05) is 12.1 Å². The van der Waals surface area contributed by atoms with Crippen molar-refractivity contribution in [2.24, 2.45) is 0 Å². The molecule has 0 spiro atoms. The van der Waals surface area contributed by atoms with Gasteiger partial charge in [0, 0.05) is 11.9 Å². The van der Waals surface area contributed by atoms with Crippen LogP contribution in [-0.2, 0) is 11.3 Å². The van der Waals surface area contributed by atoms with Crippen LogP contribution < -0.4 is 5.32 Å². The van der Waals surface area contributed by atoms with E-state index < -0.39 is 5.97 Å². The molecule has 1 aromatic heterocycles. The number of amides is 1. The molecule has 2 aromatic rings. The van der Waals surface area contributed by atoms with Crippen LogP contribution in [0, 0.1) is 13.8 Å². The van der Waals surface area contributed by atoms with Crippen molar-refractivity contribution >= 4 is 17.6 Å². The highest BCUT2D eigenvalue weighted by Gasteiger charge is 2.11. The minimum atomic E-state index is -0.896. The van der Waals surface area contributed by atoms with Crippen molar-refractivity contribution in [2.75, 3.05) is 5.32 Å². The number of aliphatic carboxylic acids is 1. The summed E-state index contributed by atoms with van der Waals surface area (Å²) in [5.74, 6) is -1.20. The maximum absolute atomic E-state index is 12.1. The maximum atomic E-state index is 12.1. The number of hydrogen-bond donors (Lipinski definition) is 2. The molecule has 0 aliphatic heterocycles. The summed E-state index contributed by atoms with van der Waals surface area (Å²) in [6, 6.07) is 7.39. The molecular formula is C15H17N3O3. The number of carbonyl (C=O) groups is 2. The summed E-state index contributed by atoms with van der Waals surface area (Å²) in [5, 5.41) is 15.5. The molecule has 1 amide bonds. The molecule has 0 radical (unpaired) electrons. The Morgan fingerprint density at radius 1 is 1.29 bits per heavy atom. The van der Waals surface area contributed by atoms with Gasteiger partial charge in [0.15, 0.2) is 5.69 Å². The summed E-state index contributed by atoms with van der Waals surface area (Å²) in [5.41, 5.74) is 3.04. The van der Waals surface area contributed by atoms with Crippen molar-refractivity contribution in [1.82, 2.24) is 9.78 Å². The average molecular weight is 287 g/mol. The zero-order valence-corrected chi connectivity index (χ0v) is 12.0. The summed E-state index contributed by atoms with van der Waals surface area (Å²) in [6.07, 6.45) is 1.57. The van der Waals surface area contributed by atoms with Crippen molar-refractivity contribution < 1.29 is 14.7 Å². The zero-order chi connectivity index (χ0) is 15.4. The van der Waals surface area contributed by atoms with Gasteiger partial charge in [-0.25, -0.2) is 0 Å². The number of carboxylic acids is 1. The van der Waals surface area contributed by atoms with Crippen LogP contribution in [0.2, 0.25) is 0 Å². The zero-order valence-electron chi connectivity index (χ0n) is 12.0. The quantitative estimate of drug-likeness (QED) is 0.883. The molecule has 21 heavy (non-hydrogen) atoms. The number of aromatic nitrogens is 2. The van der Waals surface area contributed by atoms with Gasteiger partial charge in [-0.05, 0) is 37.1 Å². The van der Waals surface area contributed by atoms with Crippen LogP contribution in [0.3, 0.4) is 0 Å². The lowest BCUT2D eigenvalue weighted by Gasteiger charge is -2.08. The van der Waals surface area contributed by atoms with Crippen LogP contribution >= 0.6 is 0 Å². The number of carbonyl (C=O) groups excluding carboxylic acids is 1. The first-order valence-electron chi connectivity index (χ1n) is 6.59. The highest BCUT2D eigenvalue weighted by atomic mass is 16.4. The Labute approximate surface area is 122 Å². The molecule has 1 heterocycles. The van der Waals surface area contributed by atoms with E-state index in [0.29, 0.717) is 0 Å². The second kappa shape index (κ2) is 6.21. The van der Waals surface area contributed by atoms with Crippen molar-refractivity contribution in [3.05, 3.63) is 47.3 Å². The van der Waals surface area contributed by atoms with Gasteiger partial charge < -0.3 is 10.4 Å². The van der Waals surface area contributed by atoms with Crippen LogP contribution in [-0.4, -0.2) is 26.8 Å². The van der Waals surface area contributed by atoms with E-state index >= 15 is 0 Å². The molecule has 0 bridgehead atoms. The molecule has 2 rings (SSSR count). The first-order valence-corrected chi connectivity index (χ1v) is 6.59. The number of anilines is 1. The second-order valence-electron chi connectivity index (χ2n) is 4.88. The summed E-state index contributed by atoms with van der Waals surface area (Å²) in [7, 11) is 0. The molecule has 1 aromatic carbocycles. The van der Waals surface area contributed by atoms with E-state index in [9.17, 15) is 9.59 Å². The number of nitrogens with one attached hydrogen (secondary N) is 1. The average Bonchev–Trinajstić information content (AvgIpc) is 2.89. The van der Waals surface area contributed by atoms with Crippen molar-refractivity contribution in [2.45, 2.75) is 26.8 Å². The number of aryl methyl sites for hydroxylation is 3. The molecule has 6 heteroatoms. The Bertz CT molecular complexity index is 677. The van der Waals surface area contributed by atoms with E-state index in [-0.39, 0.29) is 24.6 Å². The lowest BCUT2D eigenvalue weighted by atomic mass is 10.1. The van der Waals surface area contributed by atoms with E-state index in [1.165, 1.54) is 4.68 Å². The van der Waals surface area contributed by atoms with E-state index in [1.54, 1.807) is 12.3 Å². The fourth-order valence-electron chi connectivity index (χ4n) is 1.87. The smallest absolute Gasteiger partial charge is 0.305 e. The third-order valence-corrected chi connectivity index (χ3v) is 3.07. The van der Waals surface area contributed by atoms with Crippen LogP contribution in [0.25, 0.3) is 0 Å². The third kappa shape index (κ3) is 3.92. The van der Waals surface area contributed by atoms with Crippen LogP contribution in [0.4, 0.5) is 5.69 Å². The first-order chi connectivity index (χ1) is 9.95. The molecule has 0 saturated carbocycles. The van der Waals surface area contributed by atoms with Gasteiger partial charge in [-0.15, -0.1) is 0 Å². The van der Waals surface area contributed by atoms with E-state index in [0.717, 1.165) is 16.8 Å². The van der Waals surface area contributed by atoms with Crippen molar-refractivity contribution in [3.63, 3.8) is 0 Å². The van der Waals surface area contributed by atoms with Crippen LogP contribution in [0.5, 0.6) is 0 Å². The first kappa shape index (κ1) is 14.8. The number of carboxylic acid groups (broad SMARTS) is 1. The van der Waals surface area contributed by atoms with Crippen LogP contribution in [0.1, 0.15) is 28.0 Å². The predicted molar refractivity (Wildman–Crippen MR) is 78.3 cm³/mol. The molecule has 0 aliphatic carbocycles. The molecule has 0 fully saturated rings. The monoisotopic (exact) mass is 287 g/mol. The van der Waals surface area contributed by atoms with E-state index in [2.05, 4.69) is 10.4 Å². The van der Waals surface area contributed by atoms with Gasteiger partial charge in [-0.2, -0.15) is 5.10 Å². The summed E-state index contributed by atoms with van der Waals surface area (Å²) < 4.78 is 1.45. The van der Waals surface area contributed by atoms with Gasteiger partial charge >= 0.3 is 5.97 Å². The van der Waals surface area contributed by atoms with Gasteiger partial charge in [0.25, 0.3) is 5.91 Å². The van der Waals surface area contributed by atoms with Gasteiger partial charge in [0.05, 0.1) is 13.0 Å². The minimum Gasteiger partial charge on any atom is -0.481 e. The standard InChI is InChI=1S/C15H17N3O3/c1-10-3-4-11(2)13(9-10)16-15(21)12-5-7-18(17-12)8-6-14(19)20/h3-5,7,9H,6,8H2,1-2H3,(H,16,21)(H,19,20). The molecule has 0 aliphatic rings. The Kier molecular flexibility index (Phi) is 4.37. The highest BCUT2D eigenvalue weighted by Crippen LogP contribution is 2.17. The summed E-state index contributed by atoms with van der Waals surface area (Å²) >= 11 is 0. The van der Waals surface area contributed by atoms with Crippen molar-refractivity contribution in [1.29, 1.82) is 0 Å². The third-order valence-electron chi connectivity index (χ3n) is 3.07. The fraction of sp³-hybridized carbons (Fsp3) is 0.267. The van der Waals surface area contributed by atoms with Gasteiger partial charge in [-0.3, -0.25) is 14.3 Å². The maximum Gasteiger partial charge on any atom is 0.305 e. The highest BCUT2D eigenvalue weighted by molar-refractivity contribution is 6.03. The Hall–Kier alpha value is -2.63. The van der Waals surface area contributed by atoms with Gasteiger partial charge in [0.1, 0.15) is 0 Å². The SMILES string of the molecule is Cc1ccc(C)c(NC(=O)c2ccn(CCC(=O)O)n2)c1. The summed E-state index contributed by atoms with van der Waals surface area (Å²) in [6.45, 7) is 4.11. The van der Waals surface area contributed by atoms with E-state index in [1.807, 2.05) is 32.0 Å². The van der Waals surface area contributed by atoms with Gasteiger partial charge in [0.2, 0.25) is 0 Å². The van der Waals surface area contributed by atoms with E-state index in [4.69, 9.17) is 5.11 Å². The molecular weight excluding hydrogens is 270 g/mol.